The van der Waals surface area contributed by atoms with Crippen LogP contribution in [-0.2, 0) is 4.74 Å². The third kappa shape index (κ3) is 5.23. The van der Waals surface area contributed by atoms with E-state index in [1.807, 2.05) is 48.5 Å². The number of hydrogen-bond acceptors (Lipinski definition) is 5. The van der Waals surface area contributed by atoms with Gasteiger partial charge < -0.3 is 9.47 Å². The van der Waals surface area contributed by atoms with Crippen LogP contribution in [-0.4, -0.2) is 26.5 Å². The van der Waals surface area contributed by atoms with Crippen LogP contribution in [0.1, 0.15) is 20.8 Å². The van der Waals surface area contributed by atoms with Gasteiger partial charge in [0, 0.05) is 22.3 Å². The second kappa shape index (κ2) is 8.96. The van der Waals surface area contributed by atoms with E-state index in [-0.39, 0.29) is 5.88 Å². The average Bonchev–Trinajstić information content (AvgIpc) is 3.17. The first-order chi connectivity index (χ1) is 15.3. The monoisotopic (exact) mass is 491 g/mol. The lowest BCUT2D eigenvalue weighted by atomic mass is 10.0. The number of rotatable bonds is 4. The SMILES string of the molecule is CC(C)(C)OC(=O)Oc1cc(-c2ccc(-c3ccc(Br)cc3)cc2)nn1-c1ccccn1. The van der Waals surface area contributed by atoms with Gasteiger partial charge in [-0.1, -0.05) is 58.4 Å². The molecule has 0 spiro atoms. The van der Waals surface area contributed by atoms with Crippen LogP contribution in [0.4, 0.5) is 4.79 Å². The normalized spacial score (nSPS) is 11.2. The molecule has 2 aromatic carbocycles. The molecule has 0 unspecified atom stereocenters. The molecule has 0 radical (unpaired) electrons. The Morgan fingerprint density at radius 3 is 2.12 bits per heavy atom. The fraction of sp³-hybridized carbons (Fsp3) is 0.160. The summed E-state index contributed by atoms with van der Waals surface area (Å²) in [5.41, 5.74) is 3.08. The van der Waals surface area contributed by atoms with E-state index in [1.165, 1.54) is 4.68 Å². The van der Waals surface area contributed by atoms with Crippen molar-refractivity contribution >= 4 is 22.1 Å². The molecule has 0 amide bonds. The summed E-state index contributed by atoms with van der Waals surface area (Å²) < 4.78 is 13.3. The molecule has 32 heavy (non-hydrogen) atoms. The maximum Gasteiger partial charge on any atom is 0.515 e. The van der Waals surface area contributed by atoms with E-state index in [4.69, 9.17) is 9.47 Å². The highest BCUT2D eigenvalue weighted by Crippen LogP contribution is 2.29. The zero-order valence-electron chi connectivity index (χ0n) is 17.9. The molecular formula is C25H22BrN3O3. The molecule has 6 nitrogen and oxygen atoms in total. The summed E-state index contributed by atoms with van der Waals surface area (Å²) >= 11 is 3.46. The summed E-state index contributed by atoms with van der Waals surface area (Å²) in [5, 5.41) is 4.63. The predicted octanol–water partition coefficient (Wildman–Crippen LogP) is 6.68. The largest absolute Gasteiger partial charge is 0.515 e. The fourth-order valence-corrected chi connectivity index (χ4v) is 3.32. The summed E-state index contributed by atoms with van der Waals surface area (Å²) in [4.78, 5) is 16.6. The first-order valence-corrected chi connectivity index (χ1v) is 10.9. The van der Waals surface area contributed by atoms with Crippen LogP contribution in [0.2, 0.25) is 0 Å². The van der Waals surface area contributed by atoms with Crippen molar-refractivity contribution in [2.24, 2.45) is 0 Å². The molecule has 162 valence electrons. The molecule has 4 rings (SSSR count). The van der Waals surface area contributed by atoms with E-state index in [0.717, 1.165) is 21.2 Å². The Kier molecular flexibility index (Phi) is 6.10. The van der Waals surface area contributed by atoms with Crippen LogP contribution >= 0.6 is 15.9 Å². The van der Waals surface area contributed by atoms with Crippen LogP contribution in [0.3, 0.4) is 0 Å². The van der Waals surface area contributed by atoms with Gasteiger partial charge in [0.05, 0.1) is 5.69 Å². The minimum atomic E-state index is -0.799. The topological polar surface area (TPSA) is 66.2 Å². The molecule has 4 aromatic rings. The standard InChI is InChI=1S/C25H22BrN3O3/c1-25(2,3)32-24(30)31-23-16-21(28-29(23)22-6-4-5-15-27-22)19-9-7-17(8-10-19)18-11-13-20(26)14-12-18/h4-16H,1-3H3. The van der Waals surface area contributed by atoms with Crippen LogP contribution in [0.25, 0.3) is 28.2 Å². The Labute approximate surface area is 195 Å². The molecule has 0 atom stereocenters. The highest BCUT2D eigenvalue weighted by molar-refractivity contribution is 9.10. The van der Waals surface area contributed by atoms with Crippen LogP contribution in [0.5, 0.6) is 5.88 Å². The Morgan fingerprint density at radius 2 is 1.53 bits per heavy atom. The summed E-state index contributed by atoms with van der Waals surface area (Å²) in [5.74, 6) is 0.758. The minimum absolute atomic E-state index is 0.227. The van der Waals surface area contributed by atoms with Gasteiger partial charge in [0.15, 0.2) is 5.82 Å². The number of halogens is 1. The molecule has 0 aliphatic rings. The molecule has 2 heterocycles. The minimum Gasteiger partial charge on any atom is -0.428 e. The Hall–Kier alpha value is -3.45. The first kappa shape index (κ1) is 21.8. The number of ether oxygens (including phenoxy) is 2. The van der Waals surface area contributed by atoms with E-state index >= 15 is 0 Å². The molecule has 0 saturated carbocycles. The molecule has 0 fully saturated rings. The van der Waals surface area contributed by atoms with Crippen LogP contribution in [0.15, 0.2) is 83.5 Å². The fourth-order valence-electron chi connectivity index (χ4n) is 3.05. The third-order valence-electron chi connectivity index (χ3n) is 4.48. The van der Waals surface area contributed by atoms with Gasteiger partial charge in [0.1, 0.15) is 5.60 Å². The summed E-state index contributed by atoms with van der Waals surface area (Å²) in [6.45, 7) is 5.34. The number of carbonyl (C=O) groups excluding carboxylic acids is 1. The maximum atomic E-state index is 12.3. The van der Waals surface area contributed by atoms with E-state index in [0.29, 0.717) is 11.5 Å². The quantitative estimate of drug-likeness (QED) is 0.298. The molecule has 0 aliphatic heterocycles. The average molecular weight is 492 g/mol. The number of pyridine rings is 1. The van der Waals surface area contributed by atoms with E-state index in [1.54, 1.807) is 39.1 Å². The molecule has 7 heteroatoms. The Balaban J connectivity index is 1.66. The maximum absolute atomic E-state index is 12.3. The van der Waals surface area contributed by atoms with Gasteiger partial charge in [-0.2, -0.15) is 9.78 Å². The number of hydrogen-bond donors (Lipinski definition) is 0. The Morgan fingerprint density at radius 1 is 0.906 bits per heavy atom. The molecule has 0 saturated heterocycles. The lowest BCUT2D eigenvalue weighted by Crippen LogP contribution is -2.26. The van der Waals surface area contributed by atoms with Gasteiger partial charge in [-0.25, -0.2) is 9.78 Å². The van der Waals surface area contributed by atoms with E-state index in [9.17, 15) is 4.79 Å². The van der Waals surface area contributed by atoms with Crippen molar-refractivity contribution in [1.82, 2.24) is 14.8 Å². The number of benzene rings is 2. The predicted molar refractivity (Wildman–Crippen MR) is 127 cm³/mol. The van der Waals surface area contributed by atoms with Gasteiger partial charge >= 0.3 is 6.16 Å². The summed E-state index contributed by atoms with van der Waals surface area (Å²) in [7, 11) is 0. The first-order valence-electron chi connectivity index (χ1n) is 10.1. The number of nitrogens with zero attached hydrogens (tertiary/aromatic N) is 3. The van der Waals surface area contributed by atoms with Crippen molar-refractivity contribution in [2.75, 3.05) is 0 Å². The molecule has 0 aliphatic carbocycles. The van der Waals surface area contributed by atoms with Crippen LogP contribution < -0.4 is 4.74 Å². The van der Waals surface area contributed by atoms with E-state index in [2.05, 4.69) is 38.1 Å². The number of carbonyl (C=O) groups is 1. The van der Waals surface area contributed by atoms with Crippen LogP contribution in [0, 0.1) is 0 Å². The van der Waals surface area contributed by atoms with Crippen molar-refractivity contribution in [1.29, 1.82) is 0 Å². The third-order valence-corrected chi connectivity index (χ3v) is 5.01. The van der Waals surface area contributed by atoms with Gasteiger partial charge in [-0.05, 0) is 56.2 Å². The van der Waals surface area contributed by atoms with Gasteiger partial charge in [0.2, 0.25) is 5.88 Å². The molecule has 0 bridgehead atoms. The zero-order valence-corrected chi connectivity index (χ0v) is 19.5. The summed E-state index contributed by atoms with van der Waals surface area (Å²) in [6, 6.07) is 23.3. The Bertz CT molecular complexity index is 1210. The number of aromatic nitrogens is 3. The lowest BCUT2D eigenvalue weighted by molar-refractivity contribution is 0.0192. The second-order valence-electron chi connectivity index (χ2n) is 8.12. The summed E-state index contributed by atoms with van der Waals surface area (Å²) in [6.07, 6.45) is 0.854. The van der Waals surface area contributed by atoms with Crippen molar-refractivity contribution in [3.8, 4) is 34.1 Å². The highest BCUT2D eigenvalue weighted by Gasteiger charge is 2.21. The lowest BCUT2D eigenvalue weighted by Gasteiger charge is -2.18. The second-order valence-corrected chi connectivity index (χ2v) is 9.03. The van der Waals surface area contributed by atoms with Crippen molar-refractivity contribution < 1.29 is 14.3 Å². The van der Waals surface area contributed by atoms with Gasteiger partial charge in [-0.3, -0.25) is 0 Å². The van der Waals surface area contributed by atoms with Gasteiger partial charge in [-0.15, -0.1) is 0 Å². The highest BCUT2D eigenvalue weighted by atomic mass is 79.9. The van der Waals surface area contributed by atoms with Gasteiger partial charge in [0.25, 0.3) is 0 Å². The van der Waals surface area contributed by atoms with Crippen molar-refractivity contribution in [3.63, 3.8) is 0 Å². The smallest absolute Gasteiger partial charge is 0.428 e. The zero-order chi connectivity index (χ0) is 22.7. The molecular weight excluding hydrogens is 470 g/mol. The molecule has 0 N–H and O–H groups in total. The van der Waals surface area contributed by atoms with Crippen molar-refractivity contribution in [2.45, 2.75) is 26.4 Å². The van der Waals surface area contributed by atoms with E-state index < -0.39 is 11.8 Å². The molecule has 2 aromatic heterocycles. The van der Waals surface area contributed by atoms with Crippen molar-refractivity contribution in [3.05, 3.63) is 83.5 Å².